The number of halogens is 3. The van der Waals surface area contributed by atoms with E-state index in [0.29, 0.717) is 0 Å². The Bertz CT molecular complexity index is 297. The second-order valence-corrected chi connectivity index (χ2v) is 4.80. The van der Waals surface area contributed by atoms with Gasteiger partial charge in [-0.15, -0.1) is 0 Å². The lowest BCUT2D eigenvalue weighted by Crippen LogP contribution is -2.47. The summed E-state index contributed by atoms with van der Waals surface area (Å²) in [5, 5.41) is 10.8. The minimum atomic E-state index is -4.33. The lowest BCUT2D eigenvalue weighted by Gasteiger charge is -2.25. The molecule has 0 unspecified atom stereocenters. The molecule has 0 fully saturated rings. The number of hydrogen-bond donors (Lipinski definition) is 2. The first-order chi connectivity index (χ1) is 8.13. The van der Waals surface area contributed by atoms with Gasteiger partial charge in [-0.1, -0.05) is 0 Å². The monoisotopic (exact) mass is 288 g/mol. The van der Waals surface area contributed by atoms with Gasteiger partial charge in [0.05, 0.1) is 0 Å². The van der Waals surface area contributed by atoms with Crippen LogP contribution < -0.4 is 5.32 Å². The molecule has 0 aliphatic rings. The summed E-state index contributed by atoms with van der Waals surface area (Å²) in [6.45, 7) is 2.57. The average molecular weight is 288 g/mol. The summed E-state index contributed by atoms with van der Waals surface area (Å²) in [7, 11) is 0. The zero-order valence-electron chi connectivity index (χ0n) is 9.95. The summed E-state index contributed by atoms with van der Waals surface area (Å²) < 4.78 is 35.4. The van der Waals surface area contributed by atoms with E-state index in [4.69, 9.17) is 5.11 Å². The lowest BCUT2D eigenvalue weighted by molar-refractivity contribution is -0.138. The van der Waals surface area contributed by atoms with Crippen LogP contribution in [-0.4, -0.2) is 52.4 Å². The van der Waals surface area contributed by atoms with Gasteiger partial charge in [0.15, 0.2) is 0 Å². The first-order valence-corrected chi connectivity index (χ1v) is 6.09. The highest BCUT2D eigenvalue weighted by molar-refractivity contribution is 8.00. The molecule has 5 nitrogen and oxygen atoms in total. The molecule has 0 rings (SSSR count). The van der Waals surface area contributed by atoms with Crippen LogP contribution in [0.3, 0.4) is 0 Å². The van der Waals surface area contributed by atoms with Gasteiger partial charge in [0, 0.05) is 18.3 Å². The number of thioether (sulfide) groups is 1. The summed E-state index contributed by atoms with van der Waals surface area (Å²) in [6.07, 6.45) is 0. The van der Waals surface area contributed by atoms with Crippen molar-refractivity contribution in [3.05, 3.63) is 0 Å². The topological polar surface area (TPSA) is 69.6 Å². The molecule has 106 valence electrons. The number of nitrogens with one attached hydrogen (secondary N) is 1. The summed E-state index contributed by atoms with van der Waals surface area (Å²) >= 11 is -0.240. The zero-order chi connectivity index (χ0) is 14.3. The average Bonchev–Trinajstić information content (AvgIpc) is 2.18. The SMILES string of the molecule is CC(C)N(CC(=O)O)C(=O)NCCSC(F)(F)F. The Morgan fingerprint density at radius 1 is 1.39 bits per heavy atom. The second kappa shape index (κ2) is 7.34. The fourth-order valence-corrected chi connectivity index (χ4v) is 1.50. The Kier molecular flexibility index (Phi) is 6.89. The number of carboxylic acids is 1. The highest BCUT2D eigenvalue weighted by atomic mass is 32.2. The van der Waals surface area contributed by atoms with Crippen molar-refractivity contribution in [2.45, 2.75) is 25.4 Å². The minimum absolute atomic E-state index is 0.175. The van der Waals surface area contributed by atoms with Gasteiger partial charge in [-0.05, 0) is 25.6 Å². The van der Waals surface area contributed by atoms with Crippen LogP contribution in [-0.2, 0) is 4.79 Å². The van der Waals surface area contributed by atoms with Crippen LogP contribution >= 0.6 is 11.8 Å². The number of carbonyl (C=O) groups excluding carboxylic acids is 1. The molecule has 0 bridgehead atoms. The summed E-state index contributed by atoms with van der Waals surface area (Å²) in [5.74, 6) is -1.49. The van der Waals surface area contributed by atoms with E-state index < -0.39 is 24.1 Å². The van der Waals surface area contributed by atoms with Gasteiger partial charge in [0.2, 0.25) is 0 Å². The van der Waals surface area contributed by atoms with Crippen LogP contribution in [0.15, 0.2) is 0 Å². The maximum Gasteiger partial charge on any atom is 0.441 e. The van der Waals surface area contributed by atoms with Crippen molar-refractivity contribution in [1.82, 2.24) is 10.2 Å². The van der Waals surface area contributed by atoms with E-state index in [1.165, 1.54) is 0 Å². The molecule has 0 saturated heterocycles. The normalized spacial score (nSPS) is 11.4. The van der Waals surface area contributed by atoms with E-state index >= 15 is 0 Å². The Morgan fingerprint density at radius 3 is 2.33 bits per heavy atom. The smallest absolute Gasteiger partial charge is 0.441 e. The Balaban J connectivity index is 4.08. The van der Waals surface area contributed by atoms with Crippen LogP contribution in [0.5, 0.6) is 0 Å². The quantitative estimate of drug-likeness (QED) is 0.730. The molecule has 2 N–H and O–H groups in total. The third kappa shape index (κ3) is 8.04. The number of carboxylic acid groups (broad SMARTS) is 1. The van der Waals surface area contributed by atoms with Crippen LogP contribution in [0.25, 0.3) is 0 Å². The molecule has 0 aliphatic carbocycles. The van der Waals surface area contributed by atoms with Gasteiger partial charge in [-0.2, -0.15) is 13.2 Å². The number of urea groups is 1. The van der Waals surface area contributed by atoms with E-state index in [-0.39, 0.29) is 30.1 Å². The zero-order valence-corrected chi connectivity index (χ0v) is 10.8. The highest BCUT2D eigenvalue weighted by Gasteiger charge is 2.27. The van der Waals surface area contributed by atoms with Crippen molar-refractivity contribution in [1.29, 1.82) is 0 Å². The molecular weight excluding hydrogens is 273 g/mol. The number of hydrogen-bond acceptors (Lipinski definition) is 3. The molecule has 0 aliphatic heterocycles. The molecule has 0 aromatic rings. The molecule has 0 aromatic heterocycles. The third-order valence-corrected chi connectivity index (χ3v) is 2.57. The van der Waals surface area contributed by atoms with Gasteiger partial charge in [-0.3, -0.25) is 4.79 Å². The van der Waals surface area contributed by atoms with Crippen molar-refractivity contribution in [2.75, 3.05) is 18.8 Å². The number of rotatable bonds is 6. The van der Waals surface area contributed by atoms with Crippen molar-refractivity contribution < 1.29 is 27.9 Å². The van der Waals surface area contributed by atoms with Crippen molar-refractivity contribution in [3.8, 4) is 0 Å². The second-order valence-electron chi connectivity index (χ2n) is 3.64. The Morgan fingerprint density at radius 2 is 1.94 bits per heavy atom. The molecule has 2 amide bonds. The number of nitrogens with zero attached hydrogens (tertiary/aromatic N) is 1. The first kappa shape index (κ1) is 16.9. The minimum Gasteiger partial charge on any atom is -0.480 e. The fourth-order valence-electron chi connectivity index (χ4n) is 1.06. The van der Waals surface area contributed by atoms with E-state index in [9.17, 15) is 22.8 Å². The van der Waals surface area contributed by atoms with Gasteiger partial charge in [0.1, 0.15) is 6.54 Å². The van der Waals surface area contributed by atoms with Crippen molar-refractivity contribution in [3.63, 3.8) is 0 Å². The molecule has 0 aromatic carbocycles. The molecule has 0 atom stereocenters. The largest absolute Gasteiger partial charge is 0.480 e. The highest BCUT2D eigenvalue weighted by Crippen LogP contribution is 2.29. The van der Waals surface area contributed by atoms with Gasteiger partial charge in [0.25, 0.3) is 0 Å². The first-order valence-electron chi connectivity index (χ1n) is 5.10. The van der Waals surface area contributed by atoms with Crippen LogP contribution in [0.1, 0.15) is 13.8 Å². The van der Waals surface area contributed by atoms with Gasteiger partial charge < -0.3 is 15.3 Å². The van der Waals surface area contributed by atoms with E-state index in [2.05, 4.69) is 5.32 Å². The van der Waals surface area contributed by atoms with Crippen LogP contribution in [0.4, 0.5) is 18.0 Å². The maximum atomic E-state index is 11.8. The van der Waals surface area contributed by atoms with Crippen LogP contribution in [0.2, 0.25) is 0 Å². The molecule has 18 heavy (non-hydrogen) atoms. The molecule has 0 saturated carbocycles. The van der Waals surface area contributed by atoms with Gasteiger partial charge >= 0.3 is 17.5 Å². The predicted octanol–water partition coefficient (Wildman–Crippen LogP) is 1.74. The molecular formula is C9H15F3N2O3S. The standard InChI is InChI=1S/C9H15F3N2O3S/c1-6(2)14(5-7(15)16)8(17)13-3-4-18-9(10,11)12/h6H,3-5H2,1-2H3,(H,13,17)(H,15,16). The van der Waals surface area contributed by atoms with E-state index in [1.54, 1.807) is 13.8 Å². The lowest BCUT2D eigenvalue weighted by atomic mass is 10.3. The number of carbonyl (C=O) groups is 2. The Labute approximate surface area is 107 Å². The summed E-state index contributed by atoms with van der Waals surface area (Å²) in [5.41, 5.74) is -4.33. The molecule has 0 heterocycles. The maximum absolute atomic E-state index is 11.8. The summed E-state index contributed by atoms with van der Waals surface area (Å²) in [6, 6.07) is -1.04. The van der Waals surface area contributed by atoms with E-state index in [0.717, 1.165) is 4.90 Å². The molecule has 0 radical (unpaired) electrons. The number of aliphatic carboxylic acids is 1. The van der Waals surface area contributed by atoms with Crippen LogP contribution in [0, 0.1) is 0 Å². The van der Waals surface area contributed by atoms with Crippen molar-refractivity contribution >= 4 is 23.8 Å². The van der Waals surface area contributed by atoms with Crippen molar-refractivity contribution in [2.24, 2.45) is 0 Å². The van der Waals surface area contributed by atoms with Gasteiger partial charge in [-0.25, -0.2) is 4.79 Å². The fraction of sp³-hybridized carbons (Fsp3) is 0.778. The molecule has 0 spiro atoms. The molecule has 9 heteroatoms. The Hall–Kier alpha value is -1.12. The third-order valence-electron chi connectivity index (χ3n) is 1.83. The summed E-state index contributed by atoms with van der Waals surface area (Å²) in [4.78, 5) is 23.0. The number of amides is 2. The predicted molar refractivity (Wildman–Crippen MR) is 61.4 cm³/mol. The van der Waals surface area contributed by atoms with E-state index in [1.807, 2.05) is 0 Å². The number of alkyl halides is 3.